The average Bonchev–Trinajstić information content (AvgIpc) is 2.72. The van der Waals surface area contributed by atoms with Crippen LogP contribution in [0.5, 0.6) is 5.75 Å². The van der Waals surface area contributed by atoms with E-state index in [1.807, 2.05) is 60.7 Å². The second-order valence-electron chi connectivity index (χ2n) is 6.24. The summed E-state index contributed by atoms with van der Waals surface area (Å²) in [5, 5.41) is 3.08. The van der Waals surface area contributed by atoms with Gasteiger partial charge in [-0.05, 0) is 41.8 Å². The van der Waals surface area contributed by atoms with Crippen molar-refractivity contribution >= 4 is 5.91 Å². The van der Waals surface area contributed by atoms with Crippen LogP contribution in [-0.4, -0.2) is 19.6 Å². The number of ether oxygens (including phenoxy) is 1. The Hall–Kier alpha value is -3.07. The van der Waals surface area contributed by atoms with Crippen LogP contribution in [0.2, 0.25) is 0 Å². The highest BCUT2D eigenvalue weighted by Gasteiger charge is 2.14. The van der Waals surface area contributed by atoms with Crippen LogP contribution in [0.1, 0.15) is 27.4 Å². The molecular weight excluding hydrogens is 322 g/mol. The van der Waals surface area contributed by atoms with E-state index in [0.29, 0.717) is 12.1 Å². The molecule has 3 rings (SSSR count). The van der Waals surface area contributed by atoms with Crippen LogP contribution in [0.4, 0.5) is 0 Å². The van der Waals surface area contributed by atoms with E-state index in [1.54, 1.807) is 7.11 Å². The van der Waals surface area contributed by atoms with Gasteiger partial charge in [0.05, 0.1) is 7.11 Å². The highest BCUT2D eigenvalue weighted by atomic mass is 16.5. The highest BCUT2D eigenvalue weighted by Crippen LogP contribution is 2.22. The average molecular weight is 345 g/mol. The molecule has 3 nitrogen and oxygen atoms in total. The van der Waals surface area contributed by atoms with Crippen molar-refractivity contribution in [3.63, 3.8) is 0 Å². The Morgan fingerprint density at radius 1 is 0.885 bits per heavy atom. The predicted octanol–water partition coefficient (Wildman–Crippen LogP) is 4.45. The summed E-state index contributed by atoms with van der Waals surface area (Å²) < 4.78 is 5.23. The first-order valence-corrected chi connectivity index (χ1v) is 8.77. The number of benzene rings is 3. The van der Waals surface area contributed by atoms with Gasteiger partial charge >= 0.3 is 0 Å². The molecule has 3 heteroatoms. The van der Waals surface area contributed by atoms with E-state index in [1.165, 1.54) is 11.1 Å². The van der Waals surface area contributed by atoms with Crippen LogP contribution >= 0.6 is 0 Å². The van der Waals surface area contributed by atoms with Crippen LogP contribution in [0, 0.1) is 0 Å². The second-order valence-corrected chi connectivity index (χ2v) is 6.24. The van der Waals surface area contributed by atoms with Gasteiger partial charge in [0.25, 0.3) is 5.91 Å². The first-order chi connectivity index (χ1) is 12.8. The number of methoxy groups -OCH3 is 1. The van der Waals surface area contributed by atoms with Gasteiger partial charge < -0.3 is 10.1 Å². The third-order valence-electron chi connectivity index (χ3n) is 4.46. The van der Waals surface area contributed by atoms with Gasteiger partial charge in [0, 0.05) is 18.0 Å². The summed E-state index contributed by atoms with van der Waals surface area (Å²) in [6, 6.07) is 27.7. The molecule has 1 atom stereocenters. The monoisotopic (exact) mass is 345 g/mol. The Labute approximate surface area is 154 Å². The van der Waals surface area contributed by atoms with Crippen molar-refractivity contribution < 1.29 is 9.53 Å². The van der Waals surface area contributed by atoms with Gasteiger partial charge in [-0.25, -0.2) is 0 Å². The maximum Gasteiger partial charge on any atom is 0.251 e. The van der Waals surface area contributed by atoms with Crippen molar-refractivity contribution in [2.75, 3.05) is 13.7 Å². The first-order valence-electron chi connectivity index (χ1n) is 8.77. The van der Waals surface area contributed by atoms with Gasteiger partial charge in [-0.3, -0.25) is 4.79 Å². The van der Waals surface area contributed by atoms with E-state index in [0.717, 1.165) is 12.2 Å². The van der Waals surface area contributed by atoms with Crippen LogP contribution in [0.25, 0.3) is 0 Å². The van der Waals surface area contributed by atoms with Gasteiger partial charge in [0.15, 0.2) is 0 Å². The largest absolute Gasteiger partial charge is 0.497 e. The molecule has 26 heavy (non-hydrogen) atoms. The first kappa shape index (κ1) is 17.7. The highest BCUT2D eigenvalue weighted by molar-refractivity contribution is 5.94. The Bertz CT molecular complexity index is 814. The second kappa shape index (κ2) is 8.86. The third-order valence-corrected chi connectivity index (χ3v) is 4.46. The minimum Gasteiger partial charge on any atom is -0.497 e. The molecule has 0 aliphatic carbocycles. The Balaban J connectivity index is 1.72. The topological polar surface area (TPSA) is 38.3 Å². The van der Waals surface area contributed by atoms with Crippen molar-refractivity contribution in [3.05, 3.63) is 102 Å². The van der Waals surface area contributed by atoms with Gasteiger partial charge in [-0.1, -0.05) is 60.7 Å². The molecular formula is C23H23NO2. The molecule has 0 aliphatic heterocycles. The molecule has 132 valence electrons. The van der Waals surface area contributed by atoms with Gasteiger partial charge in [-0.15, -0.1) is 0 Å². The van der Waals surface area contributed by atoms with Crippen LogP contribution in [-0.2, 0) is 6.42 Å². The summed E-state index contributed by atoms with van der Waals surface area (Å²) in [6.07, 6.45) is 0.850. The molecule has 1 amide bonds. The SMILES string of the molecule is COc1ccc(C[C@@H](CNC(=O)c2ccccc2)c2ccccc2)cc1. The summed E-state index contributed by atoms with van der Waals surface area (Å²) in [4.78, 5) is 12.4. The van der Waals surface area contributed by atoms with Crippen LogP contribution in [0.15, 0.2) is 84.9 Å². The van der Waals surface area contributed by atoms with Gasteiger partial charge in [0.2, 0.25) is 0 Å². The molecule has 3 aromatic carbocycles. The number of hydrogen-bond acceptors (Lipinski definition) is 2. The lowest BCUT2D eigenvalue weighted by Gasteiger charge is -2.19. The lowest BCUT2D eigenvalue weighted by molar-refractivity contribution is 0.0951. The number of rotatable bonds is 7. The van der Waals surface area contributed by atoms with Gasteiger partial charge in [0.1, 0.15) is 5.75 Å². The van der Waals surface area contributed by atoms with E-state index in [-0.39, 0.29) is 11.8 Å². The number of carbonyl (C=O) groups excluding carboxylic acids is 1. The fourth-order valence-electron chi connectivity index (χ4n) is 2.99. The fraction of sp³-hybridized carbons (Fsp3) is 0.174. The smallest absolute Gasteiger partial charge is 0.251 e. The maximum atomic E-state index is 12.4. The normalized spacial score (nSPS) is 11.6. The van der Waals surface area contributed by atoms with E-state index < -0.39 is 0 Å². The molecule has 0 aromatic heterocycles. The number of amides is 1. The van der Waals surface area contributed by atoms with Crippen molar-refractivity contribution in [1.82, 2.24) is 5.32 Å². The van der Waals surface area contributed by atoms with Gasteiger partial charge in [-0.2, -0.15) is 0 Å². The molecule has 0 aliphatic rings. The number of carbonyl (C=O) groups is 1. The number of hydrogen-bond donors (Lipinski definition) is 1. The zero-order valence-electron chi connectivity index (χ0n) is 14.9. The Kier molecular flexibility index (Phi) is 6.05. The zero-order valence-corrected chi connectivity index (χ0v) is 14.9. The summed E-state index contributed by atoms with van der Waals surface area (Å²) in [7, 11) is 1.67. The molecule has 0 radical (unpaired) electrons. The molecule has 0 saturated heterocycles. The van der Waals surface area contributed by atoms with Crippen LogP contribution in [0.3, 0.4) is 0 Å². The fourth-order valence-corrected chi connectivity index (χ4v) is 2.99. The van der Waals surface area contributed by atoms with E-state index in [4.69, 9.17) is 4.74 Å². The number of nitrogens with one attached hydrogen (secondary N) is 1. The molecule has 3 aromatic rings. The van der Waals surface area contributed by atoms with Crippen molar-refractivity contribution in [3.8, 4) is 5.75 Å². The molecule has 0 heterocycles. The molecule has 0 spiro atoms. The summed E-state index contributed by atoms with van der Waals surface area (Å²) in [5.74, 6) is 1.01. The van der Waals surface area contributed by atoms with Crippen molar-refractivity contribution in [2.24, 2.45) is 0 Å². The Morgan fingerprint density at radius 2 is 1.50 bits per heavy atom. The predicted molar refractivity (Wildman–Crippen MR) is 105 cm³/mol. The third kappa shape index (κ3) is 4.73. The molecule has 0 unspecified atom stereocenters. The maximum absolute atomic E-state index is 12.4. The summed E-state index contributed by atoms with van der Waals surface area (Å²) in [6.45, 7) is 0.587. The summed E-state index contributed by atoms with van der Waals surface area (Å²) in [5.41, 5.74) is 3.12. The van der Waals surface area contributed by atoms with E-state index >= 15 is 0 Å². The lowest BCUT2D eigenvalue weighted by atomic mass is 9.91. The zero-order chi connectivity index (χ0) is 18.2. The molecule has 1 N–H and O–H groups in total. The minimum absolute atomic E-state index is 0.0405. The lowest BCUT2D eigenvalue weighted by Crippen LogP contribution is -2.29. The van der Waals surface area contributed by atoms with Crippen molar-refractivity contribution in [1.29, 1.82) is 0 Å². The molecule has 0 fully saturated rings. The standard InChI is InChI=1S/C23H23NO2/c1-26-22-14-12-18(13-15-22)16-21(19-8-4-2-5-9-19)17-24-23(25)20-10-6-3-7-11-20/h2-15,21H,16-17H2,1H3,(H,24,25)/t21-/m0/s1. The van der Waals surface area contributed by atoms with Crippen molar-refractivity contribution in [2.45, 2.75) is 12.3 Å². The summed E-state index contributed by atoms with van der Waals surface area (Å²) >= 11 is 0. The quantitative estimate of drug-likeness (QED) is 0.687. The molecule has 0 saturated carbocycles. The van der Waals surface area contributed by atoms with Crippen LogP contribution < -0.4 is 10.1 Å². The Morgan fingerprint density at radius 3 is 2.12 bits per heavy atom. The van der Waals surface area contributed by atoms with E-state index in [2.05, 4.69) is 29.6 Å². The minimum atomic E-state index is -0.0405. The van der Waals surface area contributed by atoms with E-state index in [9.17, 15) is 4.79 Å². The molecule has 0 bridgehead atoms.